The van der Waals surface area contributed by atoms with Crippen LogP contribution in [0.4, 0.5) is 5.69 Å². The van der Waals surface area contributed by atoms with Gasteiger partial charge in [-0.2, -0.15) is 4.73 Å². The van der Waals surface area contributed by atoms with Crippen LogP contribution in [0.2, 0.25) is 0 Å². The number of carboxylic acids is 1. The van der Waals surface area contributed by atoms with E-state index in [0.717, 1.165) is 10.9 Å². The standard InChI is InChI=1S/C16H19N3O5/c1-9(20)11(7-14(17)21)15(16(22)23)18-12-8-19(24-2)13-6-4-3-5-10(12)13/h3-6,8,11,15,18H,7H2,1-2H3,(H2,17,21)(H,22,23)/t11?,15-/m0/s1. The van der Waals surface area contributed by atoms with Gasteiger partial charge in [-0.25, -0.2) is 4.79 Å². The highest BCUT2D eigenvalue weighted by atomic mass is 16.6. The van der Waals surface area contributed by atoms with Gasteiger partial charge in [0.1, 0.15) is 18.9 Å². The number of rotatable bonds is 8. The van der Waals surface area contributed by atoms with E-state index in [4.69, 9.17) is 10.6 Å². The minimum Gasteiger partial charge on any atom is -0.480 e. The Morgan fingerprint density at radius 2 is 2.00 bits per heavy atom. The first-order chi connectivity index (χ1) is 11.3. The SMILES string of the molecule is COn1cc(N[C@H](C(=O)O)C(CC(N)=O)C(C)=O)c2ccccc21. The van der Waals surface area contributed by atoms with E-state index < -0.39 is 29.6 Å². The molecule has 0 saturated carbocycles. The molecule has 8 nitrogen and oxygen atoms in total. The molecule has 0 fully saturated rings. The lowest BCUT2D eigenvalue weighted by Crippen LogP contribution is -2.42. The van der Waals surface area contributed by atoms with E-state index in [9.17, 15) is 19.5 Å². The summed E-state index contributed by atoms with van der Waals surface area (Å²) in [5.74, 6) is -3.47. The van der Waals surface area contributed by atoms with Crippen LogP contribution in [0.5, 0.6) is 0 Å². The number of benzene rings is 1. The Morgan fingerprint density at radius 1 is 1.33 bits per heavy atom. The van der Waals surface area contributed by atoms with Crippen molar-refractivity contribution < 1.29 is 24.3 Å². The topological polar surface area (TPSA) is 124 Å². The van der Waals surface area contributed by atoms with Gasteiger partial charge in [-0.1, -0.05) is 18.2 Å². The van der Waals surface area contributed by atoms with Crippen LogP contribution < -0.4 is 15.9 Å². The van der Waals surface area contributed by atoms with Crippen molar-refractivity contribution in [1.82, 2.24) is 4.73 Å². The molecule has 4 N–H and O–H groups in total. The van der Waals surface area contributed by atoms with Gasteiger partial charge in [-0.3, -0.25) is 9.59 Å². The third-order valence-corrected chi connectivity index (χ3v) is 3.80. The first-order valence-corrected chi connectivity index (χ1v) is 7.27. The molecular formula is C16H19N3O5. The summed E-state index contributed by atoms with van der Waals surface area (Å²) in [6.07, 6.45) is 1.24. The summed E-state index contributed by atoms with van der Waals surface area (Å²) in [6, 6.07) is 5.94. The first kappa shape index (κ1) is 17.3. The van der Waals surface area contributed by atoms with Crippen molar-refractivity contribution in [3.05, 3.63) is 30.5 Å². The molecule has 0 bridgehead atoms. The summed E-state index contributed by atoms with van der Waals surface area (Å²) < 4.78 is 1.48. The van der Waals surface area contributed by atoms with E-state index in [1.54, 1.807) is 18.3 Å². The molecule has 0 spiro atoms. The predicted molar refractivity (Wildman–Crippen MR) is 87.5 cm³/mol. The van der Waals surface area contributed by atoms with Gasteiger partial charge in [-0.15, -0.1) is 0 Å². The van der Waals surface area contributed by atoms with Crippen LogP contribution in [-0.4, -0.2) is 40.6 Å². The van der Waals surface area contributed by atoms with Crippen molar-refractivity contribution >= 4 is 34.3 Å². The number of anilines is 1. The molecule has 1 aromatic heterocycles. The summed E-state index contributed by atoms with van der Waals surface area (Å²) >= 11 is 0. The number of carboxylic acid groups (broad SMARTS) is 1. The number of nitrogens with zero attached hydrogens (tertiary/aromatic N) is 1. The predicted octanol–water partition coefficient (Wildman–Crippen LogP) is 0.645. The molecule has 1 heterocycles. The minimum absolute atomic E-state index is 0.345. The van der Waals surface area contributed by atoms with E-state index in [2.05, 4.69) is 5.32 Å². The number of nitrogens with one attached hydrogen (secondary N) is 1. The van der Waals surface area contributed by atoms with Gasteiger partial charge in [-0.05, 0) is 13.0 Å². The fourth-order valence-corrected chi connectivity index (χ4v) is 2.63. The molecule has 2 rings (SSSR count). The molecular weight excluding hydrogens is 314 g/mol. The quantitative estimate of drug-likeness (QED) is 0.651. The van der Waals surface area contributed by atoms with Gasteiger partial charge >= 0.3 is 5.97 Å². The zero-order chi connectivity index (χ0) is 17.9. The Labute approximate surface area is 138 Å². The third kappa shape index (κ3) is 3.48. The largest absolute Gasteiger partial charge is 0.480 e. The number of aromatic nitrogens is 1. The third-order valence-electron chi connectivity index (χ3n) is 3.80. The number of carbonyl (C=O) groups excluding carboxylic acids is 2. The summed E-state index contributed by atoms with van der Waals surface area (Å²) in [5.41, 5.74) is 6.36. The van der Waals surface area contributed by atoms with Crippen molar-refractivity contribution in [3.8, 4) is 0 Å². The molecule has 1 unspecified atom stereocenters. The fraction of sp³-hybridized carbons (Fsp3) is 0.312. The maximum atomic E-state index is 11.8. The lowest BCUT2D eigenvalue weighted by atomic mass is 9.91. The normalized spacial score (nSPS) is 13.2. The molecule has 0 saturated heterocycles. The highest BCUT2D eigenvalue weighted by molar-refractivity contribution is 5.96. The molecule has 2 atom stereocenters. The van der Waals surface area contributed by atoms with Crippen molar-refractivity contribution in [2.45, 2.75) is 19.4 Å². The summed E-state index contributed by atoms with van der Waals surface area (Å²) in [6.45, 7) is 1.24. The van der Waals surface area contributed by atoms with Gasteiger partial charge in [0.15, 0.2) is 0 Å². The number of para-hydroxylation sites is 1. The summed E-state index contributed by atoms with van der Waals surface area (Å²) in [4.78, 5) is 39.8. The Balaban J connectivity index is 2.42. The second kappa shape index (κ2) is 7.03. The van der Waals surface area contributed by atoms with Gasteiger partial charge in [0, 0.05) is 11.8 Å². The van der Waals surface area contributed by atoms with Crippen LogP contribution in [0.15, 0.2) is 30.5 Å². The molecule has 2 aromatic rings. The van der Waals surface area contributed by atoms with Crippen LogP contribution in [0.3, 0.4) is 0 Å². The lowest BCUT2D eigenvalue weighted by Gasteiger charge is -2.22. The van der Waals surface area contributed by atoms with E-state index in [0.29, 0.717) is 5.69 Å². The number of amides is 1. The number of fused-ring (bicyclic) bond motifs is 1. The highest BCUT2D eigenvalue weighted by Crippen LogP contribution is 2.27. The molecule has 0 radical (unpaired) electrons. The summed E-state index contributed by atoms with van der Waals surface area (Å²) in [7, 11) is 1.48. The van der Waals surface area contributed by atoms with E-state index in [-0.39, 0.29) is 6.42 Å². The summed E-state index contributed by atoms with van der Waals surface area (Å²) in [5, 5.41) is 13.1. The Bertz CT molecular complexity index is 783. The van der Waals surface area contributed by atoms with Crippen molar-refractivity contribution in [3.63, 3.8) is 0 Å². The number of aliphatic carboxylic acids is 1. The van der Waals surface area contributed by atoms with Crippen molar-refractivity contribution in [1.29, 1.82) is 0 Å². The second-order valence-electron chi connectivity index (χ2n) is 5.42. The minimum atomic E-state index is -1.29. The van der Waals surface area contributed by atoms with E-state index in [1.165, 1.54) is 18.8 Å². The van der Waals surface area contributed by atoms with Crippen LogP contribution in [0.25, 0.3) is 10.9 Å². The molecule has 0 aliphatic heterocycles. The number of nitrogens with two attached hydrogens (primary N) is 1. The number of ketones is 1. The number of hydrogen-bond donors (Lipinski definition) is 3. The van der Waals surface area contributed by atoms with Gasteiger partial charge in [0.25, 0.3) is 0 Å². The lowest BCUT2D eigenvalue weighted by molar-refractivity contribution is -0.142. The molecule has 24 heavy (non-hydrogen) atoms. The zero-order valence-electron chi connectivity index (χ0n) is 13.4. The average molecular weight is 333 g/mol. The number of hydrogen-bond acceptors (Lipinski definition) is 5. The molecule has 1 amide bonds. The average Bonchev–Trinajstić information content (AvgIpc) is 2.88. The highest BCUT2D eigenvalue weighted by Gasteiger charge is 2.33. The molecule has 128 valence electrons. The molecule has 8 heteroatoms. The Kier molecular flexibility index (Phi) is 5.08. The first-order valence-electron chi connectivity index (χ1n) is 7.27. The van der Waals surface area contributed by atoms with Gasteiger partial charge in [0.05, 0.1) is 23.3 Å². The molecule has 0 aliphatic carbocycles. The van der Waals surface area contributed by atoms with Crippen molar-refractivity contribution in [2.75, 3.05) is 12.4 Å². The van der Waals surface area contributed by atoms with Crippen LogP contribution in [-0.2, 0) is 14.4 Å². The molecule has 1 aromatic carbocycles. The number of Topliss-reactive ketones (excluding diaryl/α,β-unsaturated/α-hetero) is 1. The fourth-order valence-electron chi connectivity index (χ4n) is 2.63. The second-order valence-corrected chi connectivity index (χ2v) is 5.42. The van der Waals surface area contributed by atoms with Gasteiger partial charge < -0.3 is 21.0 Å². The van der Waals surface area contributed by atoms with Gasteiger partial charge in [0.2, 0.25) is 5.91 Å². The number of carbonyl (C=O) groups is 3. The Hall–Kier alpha value is -3.03. The maximum Gasteiger partial charge on any atom is 0.326 e. The Morgan fingerprint density at radius 3 is 2.54 bits per heavy atom. The van der Waals surface area contributed by atoms with Crippen molar-refractivity contribution in [2.24, 2.45) is 11.7 Å². The zero-order valence-corrected chi connectivity index (χ0v) is 13.4. The van der Waals surface area contributed by atoms with E-state index >= 15 is 0 Å². The van der Waals surface area contributed by atoms with Crippen LogP contribution in [0, 0.1) is 5.92 Å². The monoisotopic (exact) mass is 333 g/mol. The maximum absolute atomic E-state index is 11.8. The number of primary amides is 1. The van der Waals surface area contributed by atoms with Crippen LogP contribution in [0.1, 0.15) is 13.3 Å². The smallest absolute Gasteiger partial charge is 0.326 e. The molecule has 0 aliphatic rings. The van der Waals surface area contributed by atoms with Crippen LogP contribution >= 0.6 is 0 Å². The van der Waals surface area contributed by atoms with E-state index in [1.807, 2.05) is 12.1 Å².